The van der Waals surface area contributed by atoms with E-state index >= 15 is 0 Å². The average Bonchev–Trinajstić information content (AvgIpc) is 2.77. The van der Waals surface area contributed by atoms with Gasteiger partial charge in [-0.05, 0) is 40.5 Å². The van der Waals surface area contributed by atoms with Gasteiger partial charge < -0.3 is 5.32 Å². The predicted octanol–water partition coefficient (Wildman–Crippen LogP) is 3.69. The molecule has 1 atom stereocenters. The highest BCUT2D eigenvalue weighted by Crippen LogP contribution is 2.23. The molecule has 1 aromatic heterocycles. The highest BCUT2D eigenvalue weighted by Gasteiger charge is 2.07. The van der Waals surface area contributed by atoms with Crippen molar-refractivity contribution in [3.8, 4) is 0 Å². The molecule has 3 nitrogen and oxygen atoms in total. The SMILES string of the molecule is CC(NCc1ccc(Cl)c(Br)c1)c1cnn(C)c1. The lowest BCUT2D eigenvalue weighted by molar-refractivity contribution is 0.574. The lowest BCUT2D eigenvalue weighted by atomic mass is 10.1. The Kier molecular flexibility index (Phi) is 4.43. The molecule has 0 fully saturated rings. The number of nitrogens with zero attached hydrogens (tertiary/aromatic N) is 2. The van der Waals surface area contributed by atoms with Crippen LogP contribution in [0.4, 0.5) is 0 Å². The Bertz CT molecular complexity index is 539. The summed E-state index contributed by atoms with van der Waals surface area (Å²) in [5.41, 5.74) is 2.38. The smallest absolute Gasteiger partial charge is 0.0548 e. The zero-order valence-corrected chi connectivity index (χ0v) is 12.7. The molecule has 0 aliphatic carbocycles. The number of aromatic nitrogens is 2. The Morgan fingerprint density at radius 1 is 1.50 bits per heavy atom. The predicted molar refractivity (Wildman–Crippen MR) is 77.6 cm³/mol. The average molecular weight is 329 g/mol. The minimum absolute atomic E-state index is 0.271. The number of hydrogen-bond donors (Lipinski definition) is 1. The van der Waals surface area contributed by atoms with Crippen molar-refractivity contribution in [1.82, 2.24) is 15.1 Å². The number of nitrogens with one attached hydrogen (secondary N) is 1. The van der Waals surface area contributed by atoms with Crippen LogP contribution in [0.15, 0.2) is 35.1 Å². The molecule has 0 spiro atoms. The fourth-order valence-corrected chi connectivity index (χ4v) is 2.25. The van der Waals surface area contributed by atoms with Crippen molar-refractivity contribution in [1.29, 1.82) is 0 Å². The number of benzene rings is 1. The Morgan fingerprint density at radius 3 is 2.89 bits per heavy atom. The van der Waals surface area contributed by atoms with E-state index in [0.29, 0.717) is 0 Å². The summed E-state index contributed by atoms with van der Waals surface area (Å²) >= 11 is 9.39. The Hall–Kier alpha value is -0.840. The monoisotopic (exact) mass is 327 g/mol. The normalized spacial score (nSPS) is 12.7. The molecule has 1 N–H and O–H groups in total. The fraction of sp³-hybridized carbons (Fsp3) is 0.308. The first-order chi connectivity index (χ1) is 8.56. The summed E-state index contributed by atoms with van der Waals surface area (Å²) in [7, 11) is 1.92. The van der Waals surface area contributed by atoms with Crippen LogP contribution in [0.5, 0.6) is 0 Å². The van der Waals surface area contributed by atoms with E-state index in [-0.39, 0.29) is 6.04 Å². The number of rotatable bonds is 4. The molecule has 18 heavy (non-hydrogen) atoms. The highest BCUT2D eigenvalue weighted by molar-refractivity contribution is 9.10. The molecule has 0 aliphatic heterocycles. The van der Waals surface area contributed by atoms with E-state index in [2.05, 4.69) is 33.3 Å². The first kappa shape index (κ1) is 13.6. The van der Waals surface area contributed by atoms with Crippen molar-refractivity contribution >= 4 is 27.5 Å². The minimum Gasteiger partial charge on any atom is -0.306 e. The summed E-state index contributed by atoms with van der Waals surface area (Å²) in [6.07, 6.45) is 3.91. The molecule has 1 aromatic carbocycles. The van der Waals surface area contributed by atoms with Gasteiger partial charge in [0.05, 0.1) is 11.2 Å². The van der Waals surface area contributed by atoms with Crippen LogP contribution in [0.1, 0.15) is 24.1 Å². The van der Waals surface area contributed by atoms with Crippen LogP contribution in [0.2, 0.25) is 5.02 Å². The van der Waals surface area contributed by atoms with Gasteiger partial charge in [-0.25, -0.2) is 0 Å². The zero-order valence-electron chi connectivity index (χ0n) is 10.3. The summed E-state index contributed by atoms with van der Waals surface area (Å²) < 4.78 is 2.74. The van der Waals surface area contributed by atoms with Crippen LogP contribution in [-0.4, -0.2) is 9.78 Å². The Labute approximate surface area is 120 Å². The van der Waals surface area contributed by atoms with Gasteiger partial charge in [0.1, 0.15) is 0 Å². The summed E-state index contributed by atoms with van der Waals surface area (Å²) in [6, 6.07) is 6.23. The molecule has 0 bridgehead atoms. The van der Waals surface area contributed by atoms with E-state index in [1.807, 2.05) is 42.3 Å². The quantitative estimate of drug-likeness (QED) is 0.927. The van der Waals surface area contributed by atoms with Crippen molar-refractivity contribution in [2.75, 3.05) is 0 Å². The maximum absolute atomic E-state index is 5.96. The van der Waals surface area contributed by atoms with Crippen molar-refractivity contribution in [3.05, 3.63) is 51.2 Å². The van der Waals surface area contributed by atoms with Crippen LogP contribution < -0.4 is 5.32 Å². The third kappa shape index (κ3) is 3.34. The Balaban J connectivity index is 1.97. The van der Waals surface area contributed by atoms with E-state index in [4.69, 9.17) is 11.6 Å². The van der Waals surface area contributed by atoms with Gasteiger partial charge in [0, 0.05) is 35.9 Å². The molecule has 96 valence electrons. The molecule has 0 aliphatic rings. The fourth-order valence-electron chi connectivity index (χ4n) is 1.70. The first-order valence-electron chi connectivity index (χ1n) is 5.72. The van der Waals surface area contributed by atoms with E-state index in [1.54, 1.807) is 0 Å². The lowest BCUT2D eigenvalue weighted by Crippen LogP contribution is -2.17. The van der Waals surface area contributed by atoms with E-state index in [9.17, 15) is 0 Å². The lowest BCUT2D eigenvalue weighted by Gasteiger charge is -2.12. The molecule has 2 rings (SSSR count). The minimum atomic E-state index is 0.271. The highest BCUT2D eigenvalue weighted by atomic mass is 79.9. The van der Waals surface area contributed by atoms with Crippen molar-refractivity contribution < 1.29 is 0 Å². The third-order valence-corrected chi connectivity index (χ3v) is 4.04. The number of hydrogen-bond acceptors (Lipinski definition) is 2. The summed E-state index contributed by atoms with van der Waals surface area (Å²) in [4.78, 5) is 0. The van der Waals surface area contributed by atoms with Crippen LogP contribution in [-0.2, 0) is 13.6 Å². The van der Waals surface area contributed by atoms with Gasteiger partial charge in [0.25, 0.3) is 0 Å². The van der Waals surface area contributed by atoms with Crippen molar-refractivity contribution in [3.63, 3.8) is 0 Å². The standard InChI is InChI=1S/C13H15BrClN3/c1-9(11-7-17-18(2)8-11)16-6-10-3-4-13(15)12(14)5-10/h3-5,7-9,16H,6H2,1-2H3. The molecule has 0 saturated carbocycles. The third-order valence-electron chi connectivity index (χ3n) is 2.82. The zero-order chi connectivity index (χ0) is 13.1. The number of aryl methyl sites for hydroxylation is 1. The van der Waals surface area contributed by atoms with Crippen LogP contribution in [0.3, 0.4) is 0 Å². The molecular formula is C13H15BrClN3. The molecule has 1 unspecified atom stereocenters. The molecule has 5 heteroatoms. The molecular weight excluding hydrogens is 314 g/mol. The number of halogens is 2. The van der Waals surface area contributed by atoms with Gasteiger partial charge >= 0.3 is 0 Å². The topological polar surface area (TPSA) is 29.9 Å². The van der Waals surface area contributed by atoms with Gasteiger partial charge in [-0.15, -0.1) is 0 Å². The Morgan fingerprint density at radius 2 is 2.28 bits per heavy atom. The van der Waals surface area contributed by atoms with Gasteiger partial charge in [-0.1, -0.05) is 17.7 Å². The summed E-state index contributed by atoms with van der Waals surface area (Å²) in [5.74, 6) is 0. The van der Waals surface area contributed by atoms with Gasteiger partial charge in [-0.3, -0.25) is 4.68 Å². The first-order valence-corrected chi connectivity index (χ1v) is 6.89. The second-order valence-corrected chi connectivity index (χ2v) is 5.56. The molecule has 0 amide bonds. The van der Waals surface area contributed by atoms with Gasteiger partial charge in [0.15, 0.2) is 0 Å². The van der Waals surface area contributed by atoms with Crippen LogP contribution in [0.25, 0.3) is 0 Å². The molecule has 0 radical (unpaired) electrons. The summed E-state index contributed by atoms with van der Waals surface area (Å²) in [6.45, 7) is 2.92. The second kappa shape index (κ2) is 5.87. The second-order valence-electron chi connectivity index (χ2n) is 4.30. The molecule has 0 saturated heterocycles. The van der Waals surface area contributed by atoms with Crippen molar-refractivity contribution in [2.24, 2.45) is 7.05 Å². The van der Waals surface area contributed by atoms with E-state index in [1.165, 1.54) is 11.1 Å². The summed E-state index contributed by atoms with van der Waals surface area (Å²) in [5, 5.41) is 8.36. The maximum Gasteiger partial charge on any atom is 0.0548 e. The van der Waals surface area contributed by atoms with E-state index in [0.717, 1.165) is 16.0 Å². The maximum atomic E-state index is 5.96. The van der Waals surface area contributed by atoms with Crippen molar-refractivity contribution in [2.45, 2.75) is 19.5 Å². The van der Waals surface area contributed by atoms with Crippen LogP contribution >= 0.6 is 27.5 Å². The van der Waals surface area contributed by atoms with Crippen LogP contribution in [0, 0.1) is 0 Å². The van der Waals surface area contributed by atoms with Gasteiger partial charge in [0.2, 0.25) is 0 Å². The largest absolute Gasteiger partial charge is 0.306 e. The van der Waals surface area contributed by atoms with Gasteiger partial charge in [-0.2, -0.15) is 5.10 Å². The van der Waals surface area contributed by atoms with E-state index < -0.39 is 0 Å². The molecule has 2 aromatic rings. The molecule has 1 heterocycles.